The molecule has 0 radical (unpaired) electrons. The van der Waals surface area contributed by atoms with E-state index in [-0.39, 0.29) is 115 Å². The van der Waals surface area contributed by atoms with Crippen LogP contribution in [0.3, 0.4) is 0 Å². The molecule has 0 bridgehead atoms. The number of imide groups is 1. The molecule has 6 atom stereocenters. The minimum Gasteiger partial charge on any atom is -0.497 e. The van der Waals surface area contributed by atoms with Crippen LogP contribution in [0.5, 0.6) is 28.7 Å². The van der Waals surface area contributed by atoms with Gasteiger partial charge in [0.2, 0.25) is 17.7 Å². The van der Waals surface area contributed by atoms with Crippen LogP contribution in [0.25, 0.3) is 11.1 Å². The molecule has 28 heteroatoms. The van der Waals surface area contributed by atoms with Gasteiger partial charge in [-0.15, -0.1) is 0 Å². The van der Waals surface area contributed by atoms with E-state index >= 15 is 0 Å². The average Bonchev–Trinajstić information content (AvgIpc) is 1.78. The molecule has 7 N–H and O–H groups in total. The van der Waals surface area contributed by atoms with Crippen molar-refractivity contribution in [1.82, 2.24) is 25.3 Å². The molecule has 5 aliphatic rings. The van der Waals surface area contributed by atoms with E-state index in [1.807, 2.05) is 0 Å². The van der Waals surface area contributed by atoms with Crippen molar-refractivity contribution in [3.05, 3.63) is 120 Å². The van der Waals surface area contributed by atoms with Crippen molar-refractivity contribution in [2.24, 2.45) is 5.92 Å². The lowest BCUT2D eigenvalue weighted by molar-refractivity contribution is -0.137. The molecule has 4 aromatic rings. The molecule has 9 rings (SSSR count). The number of methoxy groups -OCH3 is 3. The van der Waals surface area contributed by atoms with E-state index in [1.165, 1.54) is 80.7 Å². The van der Waals surface area contributed by atoms with Gasteiger partial charge in [0.1, 0.15) is 17.8 Å². The van der Waals surface area contributed by atoms with E-state index in [9.17, 15) is 59.5 Å². The summed E-state index contributed by atoms with van der Waals surface area (Å²) in [4.78, 5) is 95.1. The van der Waals surface area contributed by atoms with Gasteiger partial charge in [-0.3, -0.25) is 47.6 Å². The van der Waals surface area contributed by atoms with Gasteiger partial charge >= 0.3 is 0 Å². The normalized spacial score (nSPS) is 19.4. The summed E-state index contributed by atoms with van der Waals surface area (Å²) in [7, 11) is -5.43. The number of unbranched alkanes of at least 4 members (excludes halogenated alkanes) is 2. The zero-order chi connectivity index (χ0) is 63.4. The molecule has 468 valence electrons. The average molecular weight is 1250 g/mol. The third kappa shape index (κ3) is 14.0. The fourth-order valence-corrected chi connectivity index (χ4v) is 12.7. The van der Waals surface area contributed by atoms with E-state index in [0.717, 1.165) is 10.5 Å². The fraction of sp³-hybridized carbons (Fsp3) is 0.383. The topological polar surface area (TPSA) is 344 Å². The molecule has 0 spiro atoms. The summed E-state index contributed by atoms with van der Waals surface area (Å²) < 4.78 is 102. The number of benzene rings is 4. The number of ether oxygens (including phenoxy) is 5. The summed E-state index contributed by atoms with van der Waals surface area (Å²) in [6.07, 6.45) is 7.46. The summed E-state index contributed by atoms with van der Waals surface area (Å²) in [6.45, 7) is 5.22. The Morgan fingerprint density at radius 2 is 1.10 bits per heavy atom. The van der Waals surface area contributed by atoms with Crippen LogP contribution in [0.1, 0.15) is 97.6 Å². The van der Waals surface area contributed by atoms with Gasteiger partial charge < -0.3 is 60.1 Å². The first-order chi connectivity index (χ1) is 41.9. The number of carbonyl (C=O) groups is 7. The van der Waals surface area contributed by atoms with E-state index in [1.54, 1.807) is 68.6 Å². The summed E-state index contributed by atoms with van der Waals surface area (Å²) in [5.74, 6) is -2.57. The number of hydrogen-bond acceptors (Lipinski definition) is 18. The highest BCUT2D eigenvalue weighted by Gasteiger charge is 2.47. The quantitative estimate of drug-likeness (QED) is 0.0247. The van der Waals surface area contributed by atoms with Crippen molar-refractivity contribution in [2.45, 2.75) is 101 Å². The lowest BCUT2D eigenvalue weighted by Crippen LogP contribution is -2.53. The SMILES string of the molecule is COc1ccc(C2=CN3C(=O)c4cc(OC)c(OCCCOc5cc6c(cc5OC)C(=O)N5C=C(c7ccc(NC(=O)C(C)NC(=O)C(NC(=O)CCCCCN8C(=O)C=CC8=O)C(C)C)cc7)CC5C(S(=O)(=O)O)N6)cc4NC(S(=O)(=O)O)C3C2)cc1. The van der Waals surface area contributed by atoms with Crippen LogP contribution in [-0.4, -0.2) is 158 Å². The molecular formula is C60H68N8O18S2. The Balaban J connectivity index is 0.801. The Morgan fingerprint density at radius 1 is 0.614 bits per heavy atom. The predicted molar refractivity (Wildman–Crippen MR) is 321 cm³/mol. The summed E-state index contributed by atoms with van der Waals surface area (Å²) >= 11 is 0. The summed E-state index contributed by atoms with van der Waals surface area (Å²) in [6, 6.07) is 15.0. The Kier molecular flexibility index (Phi) is 19.2. The fourth-order valence-electron chi connectivity index (χ4n) is 10.9. The van der Waals surface area contributed by atoms with E-state index < -0.39 is 78.8 Å². The lowest BCUT2D eigenvalue weighted by atomic mass is 10.0. The van der Waals surface area contributed by atoms with Gasteiger partial charge in [0.05, 0.1) is 69.1 Å². The maximum absolute atomic E-state index is 14.4. The maximum atomic E-state index is 14.4. The number of amides is 7. The third-order valence-corrected chi connectivity index (χ3v) is 17.8. The van der Waals surface area contributed by atoms with Crippen LogP contribution < -0.4 is 50.3 Å². The first-order valence-corrected chi connectivity index (χ1v) is 31.3. The molecule has 6 unspecified atom stereocenters. The van der Waals surface area contributed by atoms with E-state index in [4.69, 9.17) is 23.7 Å². The number of fused-ring (bicyclic) bond motifs is 4. The molecule has 0 saturated carbocycles. The maximum Gasteiger partial charge on any atom is 0.288 e. The Bertz CT molecular complexity index is 3720. The standard InChI is InChI=1S/C60H68N8O18S2/c1-33(2)54(65-51(69)11-8-7-9-22-66-52(70)20-21-53(66)71)56(73)61-34(3)55(72)62-39-16-12-35(13-17-39)37-25-45-57(87(76,77)78)63-43-29-49(47(83-5)27-41(43)59(74)67(45)31-37)85-23-10-24-86-50-30-44-42(28-48(50)84-6)60(75)68-32-38(36-14-18-40(82-4)19-15-36)26-46(68)58(64-44)88(79,80)81/h12-21,27-34,45-46,54,57-58,63-64H,7-11,22-26H2,1-6H3,(H,61,73)(H,62,72)(H,65,69)(H,76,77,78)(H,79,80,81). The molecule has 5 aliphatic heterocycles. The molecular weight excluding hydrogens is 1180 g/mol. The van der Waals surface area contributed by atoms with Gasteiger partial charge in [-0.1, -0.05) is 44.5 Å². The highest BCUT2D eigenvalue weighted by atomic mass is 32.2. The van der Waals surface area contributed by atoms with Crippen LogP contribution >= 0.6 is 0 Å². The second-order valence-electron chi connectivity index (χ2n) is 21.9. The van der Waals surface area contributed by atoms with Crippen molar-refractivity contribution < 1.29 is 83.2 Å². The van der Waals surface area contributed by atoms with Gasteiger partial charge in [0, 0.05) is 61.8 Å². The summed E-state index contributed by atoms with van der Waals surface area (Å²) in [5, 5.41) is 10.5. The second kappa shape index (κ2) is 26.5. The van der Waals surface area contributed by atoms with Gasteiger partial charge in [-0.2, -0.15) is 16.8 Å². The van der Waals surface area contributed by atoms with Crippen molar-refractivity contribution in [3.8, 4) is 28.7 Å². The van der Waals surface area contributed by atoms with Crippen LogP contribution in [0.15, 0.2) is 97.3 Å². The Morgan fingerprint density at radius 3 is 1.56 bits per heavy atom. The highest BCUT2D eigenvalue weighted by Crippen LogP contribution is 2.44. The van der Waals surface area contributed by atoms with Crippen molar-refractivity contribution >= 4 is 89.8 Å². The minimum absolute atomic E-state index is 0.00695. The van der Waals surface area contributed by atoms with Crippen LogP contribution in [0, 0.1) is 5.92 Å². The first kappa shape index (κ1) is 63.5. The molecule has 26 nitrogen and oxygen atoms in total. The Hall–Kier alpha value is -8.99. The molecule has 0 fully saturated rings. The molecule has 5 heterocycles. The van der Waals surface area contributed by atoms with Crippen LogP contribution in [-0.2, 0) is 44.2 Å². The minimum atomic E-state index is -4.89. The monoisotopic (exact) mass is 1250 g/mol. The number of hydrogen-bond donors (Lipinski definition) is 7. The van der Waals surface area contributed by atoms with Gasteiger partial charge in [0.15, 0.2) is 33.7 Å². The van der Waals surface area contributed by atoms with Crippen molar-refractivity contribution in [1.29, 1.82) is 0 Å². The van der Waals surface area contributed by atoms with E-state index in [0.29, 0.717) is 47.4 Å². The smallest absolute Gasteiger partial charge is 0.288 e. The molecule has 4 aromatic carbocycles. The zero-order valence-electron chi connectivity index (χ0n) is 48.9. The molecule has 7 amide bonds. The molecule has 88 heavy (non-hydrogen) atoms. The Labute approximate surface area is 508 Å². The van der Waals surface area contributed by atoms with Gasteiger partial charge in [0.25, 0.3) is 43.9 Å². The van der Waals surface area contributed by atoms with Crippen molar-refractivity contribution in [2.75, 3.05) is 57.0 Å². The number of nitrogens with one attached hydrogen (secondary N) is 5. The summed E-state index contributed by atoms with van der Waals surface area (Å²) in [5.41, 5.74) is 3.04. The third-order valence-electron chi connectivity index (χ3n) is 15.6. The van der Waals surface area contributed by atoms with E-state index in [2.05, 4.69) is 26.6 Å². The van der Waals surface area contributed by atoms with Crippen LogP contribution in [0.2, 0.25) is 0 Å². The first-order valence-electron chi connectivity index (χ1n) is 28.3. The predicted octanol–water partition coefficient (Wildman–Crippen LogP) is 5.42. The van der Waals surface area contributed by atoms with Gasteiger partial charge in [-0.05, 0) is 97.2 Å². The van der Waals surface area contributed by atoms with Crippen LogP contribution in [0.4, 0.5) is 17.1 Å². The number of nitrogens with zero attached hydrogens (tertiary/aromatic N) is 3. The van der Waals surface area contributed by atoms with Crippen molar-refractivity contribution in [3.63, 3.8) is 0 Å². The largest absolute Gasteiger partial charge is 0.497 e. The second-order valence-corrected chi connectivity index (χ2v) is 24.9. The molecule has 0 saturated heterocycles. The number of anilines is 3. The number of rotatable bonds is 25. The van der Waals surface area contributed by atoms with Gasteiger partial charge in [-0.25, -0.2) is 0 Å². The zero-order valence-corrected chi connectivity index (χ0v) is 50.6. The molecule has 0 aromatic heterocycles. The highest BCUT2D eigenvalue weighted by molar-refractivity contribution is 7.86. The molecule has 0 aliphatic carbocycles. The number of carbonyl (C=O) groups excluding carboxylic acids is 7. The lowest BCUT2D eigenvalue weighted by Gasteiger charge is -2.26.